The SMILES string of the molecule is CN1CC(=O)[C@@](C)(C(=O)OC(C)(C)C)C1. The molecule has 86 valence electrons. The van der Waals surface area contributed by atoms with Crippen molar-refractivity contribution in [2.75, 3.05) is 20.1 Å². The van der Waals surface area contributed by atoms with Gasteiger partial charge in [-0.15, -0.1) is 0 Å². The van der Waals surface area contributed by atoms with E-state index in [0.29, 0.717) is 13.1 Å². The van der Waals surface area contributed by atoms with Gasteiger partial charge >= 0.3 is 5.97 Å². The molecular weight excluding hydrogens is 194 g/mol. The average molecular weight is 213 g/mol. The van der Waals surface area contributed by atoms with Gasteiger partial charge in [0.25, 0.3) is 0 Å². The molecule has 1 saturated heterocycles. The maximum atomic E-state index is 11.9. The molecule has 0 bridgehead atoms. The van der Waals surface area contributed by atoms with Crippen molar-refractivity contribution in [3.63, 3.8) is 0 Å². The van der Waals surface area contributed by atoms with E-state index in [2.05, 4.69) is 0 Å². The first-order valence-electron chi connectivity index (χ1n) is 5.10. The van der Waals surface area contributed by atoms with Crippen LogP contribution in [-0.2, 0) is 14.3 Å². The fourth-order valence-electron chi connectivity index (χ4n) is 1.67. The van der Waals surface area contributed by atoms with Crippen LogP contribution >= 0.6 is 0 Å². The molecule has 1 rings (SSSR count). The van der Waals surface area contributed by atoms with Gasteiger partial charge in [0, 0.05) is 6.54 Å². The molecule has 1 aliphatic heterocycles. The second-order valence-corrected chi connectivity index (χ2v) is 5.43. The van der Waals surface area contributed by atoms with Gasteiger partial charge in [0.1, 0.15) is 11.0 Å². The van der Waals surface area contributed by atoms with E-state index in [1.54, 1.807) is 27.7 Å². The van der Waals surface area contributed by atoms with Crippen molar-refractivity contribution in [2.24, 2.45) is 5.41 Å². The van der Waals surface area contributed by atoms with Gasteiger partial charge in [0.2, 0.25) is 0 Å². The van der Waals surface area contributed by atoms with Crippen LogP contribution in [0.2, 0.25) is 0 Å². The van der Waals surface area contributed by atoms with Crippen LogP contribution in [-0.4, -0.2) is 42.4 Å². The van der Waals surface area contributed by atoms with E-state index in [9.17, 15) is 9.59 Å². The largest absolute Gasteiger partial charge is 0.459 e. The Labute approximate surface area is 90.6 Å². The lowest BCUT2D eigenvalue weighted by Gasteiger charge is -2.26. The van der Waals surface area contributed by atoms with Crippen molar-refractivity contribution < 1.29 is 14.3 Å². The number of hydrogen-bond acceptors (Lipinski definition) is 4. The van der Waals surface area contributed by atoms with Gasteiger partial charge in [0.05, 0.1) is 6.54 Å². The highest BCUT2D eigenvalue weighted by Gasteiger charge is 2.49. The van der Waals surface area contributed by atoms with Crippen LogP contribution in [0.5, 0.6) is 0 Å². The molecule has 0 unspecified atom stereocenters. The number of likely N-dealkylation sites (tertiary alicyclic amines) is 1. The summed E-state index contributed by atoms with van der Waals surface area (Å²) in [5.74, 6) is -0.469. The van der Waals surface area contributed by atoms with Crippen molar-refractivity contribution in [1.82, 2.24) is 4.90 Å². The number of ether oxygens (including phenoxy) is 1. The number of esters is 1. The Morgan fingerprint density at radius 2 is 2.00 bits per heavy atom. The van der Waals surface area contributed by atoms with E-state index in [1.165, 1.54) is 0 Å². The van der Waals surface area contributed by atoms with Gasteiger partial charge < -0.3 is 4.74 Å². The third-order valence-electron chi connectivity index (χ3n) is 2.46. The maximum Gasteiger partial charge on any atom is 0.321 e. The summed E-state index contributed by atoms with van der Waals surface area (Å²) in [7, 11) is 1.83. The molecule has 0 aliphatic carbocycles. The van der Waals surface area contributed by atoms with Gasteiger partial charge in [0.15, 0.2) is 5.78 Å². The topological polar surface area (TPSA) is 46.6 Å². The lowest BCUT2D eigenvalue weighted by atomic mass is 9.88. The average Bonchev–Trinajstić information content (AvgIpc) is 2.23. The third kappa shape index (κ3) is 2.56. The Hall–Kier alpha value is -0.900. The van der Waals surface area contributed by atoms with Crippen LogP contribution in [0.15, 0.2) is 0 Å². The first kappa shape index (κ1) is 12.2. The molecule has 0 aromatic carbocycles. The zero-order valence-corrected chi connectivity index (χ0v) is 10.1. The van der Waals surface area contributed by atoms with E-state index in [1.807, 2.05) is 11.9 Å². The minimum Gasteiger partial charge on any atom is -0.459 e. The molecular formula is C11H19NO3. The summed E-state index contributed by atoms with van der Waals surface area (Å²) in [6.45, 7) is 7.84. The lowest BCUT2D eigenvalue weighted by molar-refractivity contribution is -0.167. The summed E-state index contributed by atoms with van der Waals surface area (Å²) >= 11 is 0. The van der Waals surface area contributed by atoms with Crippen molar-refractivity contribution in [3.05, 3.63) is 0 Å². The number of rotatable bonds is 1. The van der Waals surface area contributed by atoms with E-state index < -0.39 is 17.0 Å². The Balaban J connectivity index is 2.79. The van der Waals surface area contributed by atoms with Crippen LogP contribution in [0.3, 0.4) is 0 Å². The number of ketones is 1. The minimum absolute atomic E-state index is 0.0562. The van der Waals surface area contributed by atoms with Gasteiger partial charge in [-0.1, -0.05) is 0 Å². The molecule has 1 aliphatic rings. The van der Waals surface area contributed by atoms with Crippen LogP contribution in [0.25, 0.3) is 0 Å². The Bertz CT molecular complexity index is 293. The van der Waals surface area contributed by atoms with E-state index in [4.69, 9.17) is 4.74 Å². The fraction of sp³-hybridized carbons (Fsp3) is 0.818. The fourth-order valence-corrected chi connectivity index (χ4v) is 1.67. The number of nitrogens with zero attached hydrogens (tertiary/aromatic N) is 1. The molecule has 0 radical (unpaired) electrons. The van der Waals surface area contributed by atoms with Gasteiger partial charge in [-0.2, -0.15) is 0 Å². The van der Waals surface area contributed by atoms with Crippen LogP contribution in [0, 0.1) is 5.41 Å². The van der Waals surface area contributed by atoms with E-state index >= 15 is 0 Å². The molecule has 0 N–H and O–H groups in total. The minimum atomic E-state index is -0.984. The molecule has 0 saturated carbocycles. The quantitative estimate of drug-likeness (QED) is 0.478. The highest BCUT2D eigenvalue weighted by atomic mass is 16.6. The summed E-state index contributed by atoms with van der Waals surface area (Å²) in [5, 5.41) is 0. The molecule has 1 heterocycles. The predicted octanol–water partition coefficient (Wildman–Crippen LogP) is 0.849. The summed E-state index contributed by atoms with van der Waals surface area (Å²) in [6, 6.07) is 0. The van der Waals surface area contributed by atoms with Gasteiger partial charge in [-0.05, 0) is 34.7 Å². The highest BCUT2D eigenvalue weighted by molar-refractivity contribution is 6.06. The van der Waals surface area contributed by atoms with Gasteiger partial charge in [-0.25, -0.2) is 0 Å². The second-order valence-electron chi connectivity index (χ2n) is 5.43. The first-order chi connectivity index (χ1) is 6.65. The third-order valence-corrected chi connectivity index (χ3v) is 2.46. The van der Waals surface area contributed by atoms with Crippen molar-refractivity contribution >= 4 is 11.8 Å². The van der Waals surface area contributed by atoms with Crippen molar-refractivity contribution in [1.29, 1.82) is 0 Å². The second kappa shape index (κ2) is 3.59. The Kier molecular flexibility index (Phi) is 2.92. The molecule has 4 nitrogen and oxygen atoms in total. The number of Topliss-reactive ketones (excluding diaryl/α,β-unsaturated/α-hetero) is 1. The molecule has 0 aromatic rings. The normalized spacial score (nSPS) is 28.2. The standard InChI is InChI=1S/C11H19NO3/c1-10(2,3)15-9(14)11(4)7-12(5)6-8(11)13/h6-7H2,1-5H3/t11-/m0/s1. The van der Waals surface area contributed by atoms with Crippen LogP contribution in [0.4, 0.5) is 0 Å². The monoisotopic (exact) mass is 213 g/mol. The van der Waals surface area contributed by atoms with E-state index in [0.717, 1.165) is 0 Å². The summed E-state index contributed by atoms with van der Waals surface area (Å²) in [5.41, 5.74) is -1.52. The van der Waals surface area contributed by atoms with Gasteiger partial charge in [-0.3, -0.25) is 14.5 Å². The Morgan fingerprint density at radius 3 is 2.33 bits per heavy atom. The molecule has 1 fully saturated rings. The number of hydrogen-bond donors (Lipinski definition) is 0. The Morgan fingerprint density at radius 1 is 1.47 bits per heavy atom. The maximum absolute atomic E-state index is 11.9. The van der Waals surface area contributed by atoms with Crippen LogP contribution < -0.4 is 0 Å². The number of carbonyl (C=O) groups is 2. The molecule has 0 amide bonds. The summed E-state index contributed by atoms with van der Waals surface area (Å²) in [4.78, 5) is 25.4. The molecule has 15 heavy (non-hydrogen) atoms. The zero-order valence-electron chi connectivity index (χ0n) is 10.1. The predicted molar refractivity (Wildman–Crippen MR) is 56.5 cm³/mol. The molecule has 0 aromatic heterocycles. The summed E-state index contributed by atoms with van der Waals surface area (Å²) < 4.78 is 5.26. The van der Waals surface area contributed by atoms with E-state index in [-0.39, 0.29) is 5.78 Å². The first-order valence-corrected chi connectivity index (χ1v) is 5.10. The van der Waals surface area contributed by atoms with Crippen molar-refractivity contribution in [2.45, 2.75) is 33.3 Å². The number of likely N-dealkylation sites (N-methyl/N-ethyl adjacent to an activating group) is 1. The summed E-state index contributed by atoms with van der Waals surface area (Å²) in [6.07, 6.45) is 0. The van der Waals surface area contributed by atoms with Crippen molar-refractivity contribution in [3.8, 4) is 0 Å². The van der Waals surface area contributed by atoms with Crippen LogP contribution in [0.1, 0.15) is 27.7 Å². The number of carbonyl (C=O) groups excluding carboxylic acids is 2. The zero-order chi connectivity index (χ0) is 11.9. The lowest BCUT2D eigenvalue weighted by Crippen LogP contribution is -2.41. The smallest absolute Gasteiger partial charge is 0.321 e. The highest BCUT2D eigenvalue weighted by Crippen LogP contribution is 2.29. The molecule has 1 atom stereocenters. The molecule has 0 spiro atoms. The molecule has 4 heteroatoms.